The van der Waals surface area contributed by atoms with E-state index < -0.39 is 35.8 Å². The van der Waals surface area contributed by atoms with Gasteiger partial charge in [-0.05, 0) is 61.7 Å². The molecule has 3 N–H and O–H groups in total. The molecule has 1 aliphatic rings. The zero-order chi connectivity index (χ0) is 29.0. The van der Waals surface area contributed by atoms with Crippen molar-refractivity contribution in [3.8, 4) is 11.1 Å². The molecule has 4 aromatic rings. The third kappa shape index (κ3) is 6.55. The highest BCUT2D eigenvalue weighted by molar-refractivity contribution is 5.97. The smallest absolute Gasteiger partial charge is 0.412 e. The number of rotatable bonds is 6. The molecule has 3 amide bonds. The molecule has 41 heavy (non-hydrogen) atoms. The van der Waals surface area contributed by atoms with Crippen molar-refractivity contribution in [3.05, 3.63) is 120 Å². The van der Waals surface area contributed by atoms with Gasteiger partial charge in [0.15, 0.2) is 6.10 Å². The Bertz CT molecular complexity index is 1520. The van der Waals surface area contributed by atoms with Gasteiger partial charge >= 0.3 is 12.2 Å². The molecule has 0 radical (unpaired) electrons. The van der Waals surface area contributed by atoms with Gasteiger partial charge in [-0.2, -0.15) is 0 Å². The average molecular weight is 550 g/mol. The van der Waals surface area contributed by atoms with E-state index in [1.165, 1.54) is 0 Å². The van der Waals surface area contributed by atoms with E-state index in [2.05, 4.69) is 16.0 Å². The van der Waals surface area contributed by atoms with Crippen molar-refractivity contribution in [2.24, 2.45) is 0 Å². The van der Waals surface area contributed by atoms with Crippen molar-refractivity contribution in [3.63, 3.8) is 0 Å². The van der Waals surface area contributed by atoms with Gasteiger partial charge in [-0.15, -0.1) is 0 Å². The van der Waals surface area contributed by atoms with Crippen molar-refractivity contribution < 1.29 is 23.9 Å². The van der Waals surface area contributed by atoms with Crippen LogP contribution in [0.5, 0.6) is 0 Å². The van der Waals surface area contributed by atoms with Crippen LogP contribution in [-0.4, -0.2) is 23.7 Å². The van der Waals surface area contributed by atoms with E-state index in [0.717, 1.165) is 22.3 Å². The highest BCUT2D eigenvalue weighted by Gasteiger charge is 2.32. The van der Waals surface area contributed by atoms with Crippen molar-refractivity contribution in [2.75, 3.05) is 10.6 Å². The number of amides is 3. The van der Waals surface area contributed by atoms with E-state index >= 15 is 0 Å². The van der Waals surface area contributed by atoms with Gasteiger partial charge in [0, 0.05) is 22.5 Å². The van der Waals surface area contributed by atoms with Gasteiger partial charge in [0.1, 0.15) is 11.6 Å². The number of benzene rings is 4. The predicted molar refractivity (Wildman–Crippen MR) is 157 cm³/mol. The van der Waals surface area contributed by atoms with Crippen LogP contribution in [0, 0.1) is 0 Å². The summed E-state index contributed by atoms with van der Waals surface area (Å²) < 4.78 is 11.2. The number of fused-ring (bicyclic) bond motifs is 3. The molecule has 8 nitrogen and oxygen atoms in total. The Balaban J connectivity index is 1.29. The number of carbonyl (C=O) groups is 3. The molecule has 0 bridgehead atoms. The van der Waals surface area contributed by atoms with Crippen LogP contribution in [0.4, 0.5) is 21.0 Å². The highest BCUT2D eigenvalue weighted by atomic mass is 16.6. The fourth-order valence-electron chi connectivity index (χ4n) is 4.71. The summed E-state index contributed by atoms with van der Waals surface area (Å²) in [5.74, 6) is -0.451. The molecule has 0 saturated heterocycles. The van der Waals surface area contributed by atoms with Gasteiger partial charge < -0.3 is 20.1 Å². The minimum absolute atomic E-state index is 0.451. The summed E-state index contributed by atoms with van der Waals surface area (Å²) in [6.45, 7) is 5.34. The van der Waals surface area contributed by atoms with Crippen LogP contribution < -0.4 is 16.0 Å². The third-order valence-corrected chi connectivity index (χ3v) is 6.46. The maximum absolute atomic E-state index is 13.4. The summed E-state index contributed by atoms with van der Waals surface area (Å²) in [5.41, 5.74) is 4.79. The SMILES string of the molecule is CC(C)(C)OC(=O)Nc1ccc(NC(=O)C(NC(=O)OC2c3ccccc3-c3ccccc32)c2ccccc2)cc1. The zero-order valence-electron chi connectivity index (χ0n) is 23.0. The Hall–Kier alpha value is -5.11. The second kappa shape index (κ2) is 11.6. The molecule has 0 aromatic heterocycles. The normalized spacial score (nSPS) is 12.9. The molecule has 0 heterocycles. The quantitative estimate of drug-likeness (QED) is 0.236. The van der Waals surface area contributed by atoms with Crippen LogP contribution in [0.3, 0.4) is 0 Å². The van der Waals surface area contributed by atoms with E-state index in [1.807, 2.05) is 54.6 Å². The number of ether oxygens (including phenoxy) is 2. The molecular weight excluding hydrogens is 518 g/mol. The van der Waals surface area contributed by atoms with Crippen LogP contribution in [0.15, 0.2) is 103 Å². The minimum atomic E-state index is -1.02. The molecule has 0 saturated carbocycles. The number of nitrogens with one attached hydrogen (secondary N) is 3. The summed E-state index contributed by atoms with van der Waals surface area (Å²) >= 11 is 0. The number of carbonyl (C=O) groups excluding carboxylic acids is 3. The third-order valence-electron chi connectivity index (χ3n) is 6.46. The lowest BCUT2D eigenvalue weighted by molar-refractivity contribution is -0.118. The van der Waals surface area contributed by atoms with Gasteiger partial charge in [-0.25, -0.2) is 9.59 Å². The molecule has 208 valence electrons. The lowest BCUT2D eigenvalue weighted by Crippen LogP contribution is -2.37. The second-order valence-electron chi connectivity index (χ2n) is 10.6. The first-order chi connectivity index (χ1) is 19.7. The Morgan fingerprint density at radius 1 is 0.659 bits per heavy atom. The summed E-state index contributed by atoms with van der Waals surface area (Å²) in [5, 5.41) is 8.25. The molecule has 0 spiro atoms. The van der Waals surface area contributed by atoms with Gasteiger partial charge in [-0.1, -0.05) is 78.9 Å². The van der Waals surface area contributed by atoms with E-state index in [9.17, 15) is 14.4 Å². The van der Waals surface area contributed by atoms with Crippen molar-refractivity contribution in [1.82, 2.24) is 5.32 Å². The van der Waals surface area contributed by atoms with Crippen molar-refractivity contribution in [2.45, 2.75) is 38.5 Å². The predicted octanol–water partition coefficient (Wildman–Crippen LogP) is 7.21. The molecule has 0 fully saturated rings. The molecule has 0 aliphatic heterocycles. The Labute approximate surface area is 238 Å². The van der Waals surface area contributed by atoms with Crippen LogP contribution in [0.25, 0.3) is 11.1 Å². The largest absolute Gasteiger partial charge is 0.444 e. The zero-order valence-corrected chi connectivity index (χ0v) is 23.0. The number of alkyl carbamates (subject to hydrolysis) is 1. The molecule has 1 unspecified atom stereocenters. The highest BCUT2D eigenvalue weighted by Crippen LogP contribution is 2.45. The minimum Gasteiger partial charge on any atom is -0.444 e. The molecular formula is C33H31N3O5. The molecule has 8 heteroatoms. The van der Waals surface area contributed by atoms with Gasteiger partial charge in [0.2, 0.25) is 0 Å². The summed E-state index contributed by atoms with van der Waals surface area (Å²) in [7, 11) is 0. The lowest BCUT2D eigenvalue weighted by Gasteiger charge is -2.21. The number of hydrogen-bond acceptors (Lipinski definition) is 5. The topological polar surface area (TPSA) is 106 Å². The Kier molecular flexibility index (Phi) is 7.74. The van der Waals surface area contributed by atoms with Gasteiger partial charge in [-0.3, -0.25) is 10.1 Å². The Morgan fingerprint density at radius 2 is 1.17 bits per heavy atom. The molecule has 4 aromatic carbocycles. The fourth-order valence-corrected chi connectivity index (χ4v) is 4.71. The monoisotopic (exact) mass is 549 g/mol. The van der Waals surface area contributed by atoms with E-state index in [-0.39, 0.29) is 0 Å². The first-order valence-electron chi connectivity index (χ1n) is 13.3. The van der Waals surface area contributed by atoms with Crippen LogP contribution in [0.1, 0.15) is 49.6 Å². The number of anilines is 2. The molecule has 1 atom stereocenters. The van der Waals surface area contributed by atoms with Crippen molar-refractivity contribution in [1.29, 1.82) is 0 Å². The molecule has 1 aliphatic carbocycles. The summed E-state index contributed by atoms with van der Waals surface area (Å²) in [4.78, 5) is 38.7. The molecule has 5 rings (SSSR count). The number of hydrogen-bond donors (Lipinski definition) is 3. The van der Waals surface area contributed by atoms with Gasteiger partial charge in [0.05, 0.1) is 0 Å². The van der Waals surface area contributed by atoms with E-state index in [0.29, 0.717) is 16.9 Å². The average Bonchev–Trinajstić information content (AvgIpc) is 3.25. The summed E-state index contributed by atoms with van der Waals surface area (Å²) in [6.07, 6.45) is -1.89. The maximum atomic E-state index is 13.4. The second-order valence-corrected chi connectivity index (χ2v) is 10.6. The standard InChI is InChI=1S/C33H31N3O5/c1-33(2,3)41-32(39)35-23-19-17-22(18-20-23)34-30(37)28(21-11-5-4-6-12-21)36-31(38)40-29-26-15-9-7-13-24(26)25-14-8-10-16-27(25)29/h4-20,28-29H,1-3H3,(H,34,37)(H,35,39)(H,36,38). The van der Waals surface area contributed by atoms with Crippen LogP contribution in [0.2, 0.25) is 0 Å². The summed E-state index contributed by atoms with van der Waals surface area (Å²) in [6, 6.07) is 30.1. The lowest BCUT2D eigenvalue weighted by atomic mass is 10.1. The van der Waals surface area contributed by atoms with E-state index in [4.69, 9.17) is 9.47 Å². The van der Waals surface area contributed by atoms with Crippen molar-refractivity contribution >= 4 is 29.5 Å². The first-order valence-corrected chi connectivity index (χ1v) is 13.3. The van der Waals surface area contributed by atoms with Gasteiger partial charge in [0.25, 0.3) is 5.91 Å². The van der Waals surface area contributed by atoms with Crippen LogP contribution in [-0.2, 0) is 14.3 Å². The Morgan fingerprint density at radius 3 is 1.73 bits per heavy atom. The first kappa shape index (κ1) is 27.5. The fraction of sp³-hybridized carbons (Fsp3) is 0.182. The van der Waals surface area contributed by atoms with E-state index in [1.54, 1.807) is 69.3 Å². The van der Waals surface area contributed by atoms with Crippen LogP contribution >= 0.6 is 0 Å². The maximum Gasteiger partial charge on any atom is 0.412 e.